The molecule has 8 heteroatoms. The molecule has 2 rings (SSSR count). The third-order valence-electron chi connectivity index (χ3n) is 4.00. The van der Waals surface area contributed by atoms with Crippen LogP contribution in [0.15, 0.2) is 48.5 Å². The molecule has 0 saturated carbocycles. The number of ether oxygens (including phenoxy) is 1. The lowest BCUT2D eigenvalue weighted by molar-refractivity contribution is -0.118. The predicted octanol–water partition coefficient (Wildman–Crippen LogP) is 3.62. The predicted molar refractivity (Wildman–Crippen MR) is 109 cm³/mol. The Morgan fingerprint density at radius 1 is 1.14 bits per heavy atom. The van der Waals surface area contributed by atoms with Gasteiger partial charge < -0.3 is 26.2 Å². The van der Waals surface area contributed by atoms with E-state index in [-0.39, 0.29) is 0 Å². The van der Waals surface area contributed by atoms with Gasteiger partial charge in [0.15, 0.2) is 0 Å². The zero-order valence-electron chi connectivity index (χ0n) is 15.4. The second-order valence-corrected chi connectivity index (χ2v) is 6.60. The summed E-state index contributed by atoms with van der Waals surface area (Å²) in [4.78, 5) is 23.3. The second kappa shape index (κ2) is 11.2. The average molecular weight is 406 g/mol. The molecule has 2 aromatic rings. The molecule has 1 atom stereocenters. The highest BCUT2D eigenvalue weighted by molar-refractivity contribution is 6.32. The molecule has 7 nitrogen and oxygen atoms in total. The molecule has 2 aromatic carbocycles. The number of hydrogen-bond donors (Lipinski definition) is 4. The summed E-state index contributed by atoms with van der Waals surface area (Å²) in [5.74, 6) is 0.0418. The van der Waals surface area contributed by atoms with Gasteiger partial charge in [-0.05, 0) is 49.6 Å². The number of anilines is 1. The van der Waals surface area contributed by atoms with E-state index in [1.807, 2.05) is 30.3 Å². The highest BCUT2D eigenvalue weighted by Crippen LogP contribution is 2.28. The van der Waals surface area contributed by atoms with Gasteiger partial charge in [0, 0.05) is 5.69 Å². The van der Waals surface area contributed by atoms with Crippen LogP contribution < -0.4 is 21.1 Å². The number of carbonyl (C=O) groups is 2. The third kappa shape index (κ3) is 7.09. The van der Waals surface area contributed by atoms with Gasteiger partial charge in [0.1, 0.15) is 18.4 Å². The molecule has 28 heavy (non-hydrogen) atoms. The Kier molecular flexibility index (Phi) is 8.58. The first-order valence-electron chi connectivity index (χ1n) is 8.96. The van der Waals surface area contributed by atoms with Crippen molar-refractivity contribution in [2.75, 3.05) is 11.9 Å². The molecule has 5 N–H and O–H groups in total. The number of amides is 2. The zero-order chi connectivity index (χ0) is 20.4. The lowest BCUT2D eigenvalue weighted by Gasteiger charge is -2.17. The van der Waals surface area contributed by atoms with Crippen molar-refractivity contribution in [1.82, 2.24) is 5.32 Å². The Morgan fingerprint density at radius 3 is 2.54 bits per heavy atom. The molecular weight excluding hydrogens is 382 g/mol. The van der Waals surface area contributed by atoms with Gasteiger partial charge in [-0.25, -0.2) is 4.79 Å². The summed E-state index contributed by atoms with van der Waals surface area (Å²) in [7, 11) is 0. The first-order chi connectivity index (χ1) is 13.5. The minimum Gasteiger partial charge on any atom is -0.487 e. The molecule has 0 spiro atoms. The Hall–Kier alpha value is -2.77. The number of halogens is 1. The van der Waals surface area contributed by atoms with E-state index in [0.29, 0.717) is 48.9 Å². The van der Waals surface area contributed by atoms with Crippen LogP contribution in [-0.2, 0) is 11.4 Å². The highest BCUT2D eigenvalue weighted by Gasteiger charge is 2.20. The summed E-state index contributed by atoms with van der Waals surface area (Å²) >= 11 is 6.25. The van der Waals surface area contributed by atoms with Crippen LogP contribution in [0, 0.1) is 0 Å². The van der Waals surface area contributed by atoms with Crippen molar-refractivity contribution in [3.05, 3.63) is 59.1 Å². The van der Waals surface area contributed by atoms with Crippen molar-refractivity contribution in [2.24, 2.45) is 5.73 Å². The van der Waals surface area contributed by atoms with Crippen LogP contribution in [0.5, 0.6) is 5.75 Å². The normalized spacial score (nSPS) is 11.5. The van der Waals surface area contributed by atoms with E-state index in [2.05, 4.69) is 10.6 Å². The molecule has 0 radical (unpaired) electrons. The quantitative estimate of drug-likeness (QED) is 0.451. The maximum absolute atomic E-state index is 12.4. The SMILES string of the molecule is NCCCC[C@H](NC(=O)O)C(=O)Nc1ccc(OCc2ccccc2)c(Cl)c1. The fourth-order valence-corrected chi connectivity index (χ4v) is 2.81. The molecule has 0 aliphatic carbocycles. The average Bonchev–Trinajstić information content (AvgIpc) is 2.67. The van der Waals surface area contributed by atoms with Crippen molar-refractivity contribution >= 4 is 29.3 Å². The molecule has 0 aromatic heterocycles. The largest absolute Gasteiger partial charge is 0.487 e. The monoisotopic (exact) mass is 405 g/mol. The van der Waals surface area contributed by atoms with E-state index in [1.54, 1.807) is 18.2 Å². The zero-order valence-corrected chi connectivity index (χ0v) is 16.1. The van der Waals surface area contributed by atoms with E-state index < -0.39 is 18.0 Å². The van der Waals surface area contributed by atoms with Gasteiger partial charge >= 0.3 is 6.09 Å². The van der Waals surface area contributed by atoms with Gasteiger partial charge in [-0.15, -0.1) is 0 Å². The Bertz CT molecular complexity index is 786. The standard InChI is InChI=1S/C20H24ClN3O4/c21-16-12-15(9-10-18(16)28-13-14-6-2-1-3-7-14)23-19(25)17(24-20(26)27)8-4-5-11-22/h1-3,6-7,9-10,12,17,24H,4-5,8,11,13,22H2,(H,23,25)(H,26,27)/t17-/m0/s1. The third-order valence-corrected chi connectivity index (χ3v) is 4.29. The summed E-state index contributed by atoms with van der Waals surface area (Å²) in [5.41, 5.74) is 6.91. The van der Waals surface area contributed by atoms with Crippen LogP contribution >= 0.6 is 11.6 Å². The second-order valence-electron chi connectivity index (χ2n) is 6.20. The first-order valence-corrected chi connectivity index (χ1v) is 9.34. The lowest BCUT2D eigenvalue weighted by atomic mass is 10.1. The van der Waals surface area contributed by atoms with Gasteiger partial charge in [-0.1, -0.05) is 41.9 Å². The number of carboxylic acid groups (broad SMARTS) is 1. The summed E-state index contributed by atoms with van der Waals surface area (Å²) in [6.45, 7) is 0.861. The van der Waals surface area contributed by atoms with Crippen molar-refractivity contribution < 1.29 is 19.4 Å². The van der Waals surface area contributed by atoms with E-state index in [0.717, 1.165) is 5.56 Å². The van der Waals surface area contributed by atoms with Crippen LogP contribution in [0.25, 0.3) is 0 Å². The summed E-state index contributed by atoms with van der Waals surface area (Å²) < 4.78 is 5.70. The lowest BCUT2D eigenvalue weighted by Crippen LogP contribution is -2.43. The number of hydrogen-bond acceptors (Lipinski definition) is 4. The number of unbranched alkanes of at least 4 members (excludes halogenated alkanes) is 1. The van der Waals surface area contributed by atoms with Crippen LogP contribution in [0.2, 0.25) is 5.02 Å². The maximum atomic E-state index is 12.4. The number of carbonyl (C=O) groups excluding carboxylic acids is 1. The number of rotatable bonds is 10. The molecule has 0 bridgehead atoms. The first kappa shape index (κ1) is 21.5. The highest BCUT2D eigenvalue weighted by atomic mass is 35.5. The summed E-state index contributed by atoms with van der Waals surface area (Å²) in [6, 6.07) is 13.7. The van der Waals surface area contributed by atoms with Gasteiger partial charge in [0.05, 0.1) is 5.02 Å². The summed E-state index contributed by atoms with van der Waals surface area (Å²) in [6.07, 6.45) is 0.462. The van der Waals surface area contributed by atoms with Crippen molar-refractivity contribution in [3.63, 3.8) is 0 Å². The van der Waals surface area contributed by atoms with Gasteiger partial charge in [0.2, 0.25) is 5.91 Å². The van der Waals surface area contributed by atoms with Crippen molar-refractivity contribution in [2.45, 2.75) is 31.9 Å². The summed E-state index contributed by atoms with van der Waals surface area (Å²) in [5, 5.41) is 14.2. The van der Waals surface area contributed by atoms with Crippen LogP contribution in [0.1, 0.15) is 24.8 Å². The van der Waals surface area contributed by atoms with Crippen molar-refractivity contribution in [3.8, 4) is 5.75 Å². The van der Waals surface area contributed by atoms with Gasteiger partial charge in [0.25, 0.3) is 0 Å². The smallest absolute Gasteiger partial charge is 0.405 e. The van der Waals surface area contributed by atoms with E-state index in [4.69, 9.17) is 27.2 Å². The minimum absolute atomic E-state index is 0.347. The number of nitrogens with one attached hydrogen (secondary N) is 2. The maximum Gasteiger partial charge on any atom is 0.405 e. The van der Waals surface area contributed by atoms with E-state index in [9.17, 15) is 9.59 Å². The van der Waals surface area contributed by atoms with Crippen LogP contribution in [0.4, 0.5) is 10.5 Å². The Balaban J connectivity index is 1.97. The molecular formula is C20H24ClN3O4. The molecule has 0 aliphatic heterocycles. The molecule has 0 saturated heterocycles. The van der Waals surface area contributed by atoms with Crippen molar-refractivity contribution in [1.29, 1.82) is 0 Å². The van der Waals surface area contributed by atoms with E-state index in [1.165, 1.54) is 0 Å². The molecule has 0 heterocycles. The van der Waals surface area contributed by atoms with Crippen LogP contribution in [-0.4, -0.2) is 29.7 Å². The number of nitrogens with two attached hydrogens (primary N) is 1. The van der Waals surface area contributed by atoms with Gasteiger partial charge in [-0.3, -0.25) is 4.79 Å². The Morgan fingerprint density at radius 2 is 1.89 bits per heavy atom. The van der Waals surface area contributed by atoms with Crippen LogP contribution in [0.3, 0.4) is 0 Å². The molecule has 2 amide bonds. The van der Waals surface area contributed by atoms with Gasteiger partial charge in [-0.2, -0.15) is 0 Å². The van der Waals surface area contributed by atoms with E-state index >= 15 is 0 Å². The molecule has 150 valence electrons. The topological polar surface area (TPSA) is 114 Å². The minimum atomic E-state index is -1.25. The number of benzene rings is 2. The molecule has 0 aliphatic rings. The molecule has 0 fully saturated rings. The fourth-order valence-electron chi connectivity index (χ4n) is 2.57. The molecule has 0 unspecified atom stereocenters. The fraction of sp³-hybridized carbons (Fsp3) is 0.300. The Labute approximate surface area is 168 Å².